The standard InChI is InChI=1S/C12H19N3O2/c1-7(13)9-3-10(8(2)14)5-11(4-9)12(6-16)15-17/h3-5,7-8,12,16H,6,13-14H2,1-2H3. The molecule has 0 spiro atoms. The maximum Gasteiger partial charge on any atom is 0.140 e. The van der Waals surface area contributed by atoms with E-state index in [0.717, 1.165) is 11.1 Å². The SMILES string of the molecule is CC(N)c1cc(C(C)N)cc(C(CO)N=O)c1. The fourth-order valence-corrected chi connectivity index (χ4v) is 1.62. The minimum absolute atomic E-state index is 0.154. The number of hydrogen-bond donors (Lipinski definition) is 3. The smallest absolute Gasteiger partial charge is 0.140 e. The number of rotatable bonds is 5. The van der Waals surface area contributed by atoms with Gasteiger partial charge in [0.2, 0.25) is 0 Å². The van der Waals surface area contributed by atoms with Gasteiger partial charge in [-0.25, -0.2) is 0 Å². The molecule has 0 fully saturated rings. The zero-order valence-corrected chi connectivity index (χ0v) is 10.1. The van der Waals surface area contributed by atoms with Crippen LogP contribution in [-0.2, 0) is 0 Å². The van der Waals surface area contributed by atoms with E-state index in [-0.39, 0.29) is 18.7 Å². The van der Waals surface area contributed by atoms with Gasteiger partial charge in [0, 0.05) is 12.1 Å². The Labute approximate surface area is 101 Å². The maximum atomic E-state index is 10.6. The number of nitrogens with two attached hydrogens (primary N) is 2. The van der Waals surface area contributed by atoms with Gasteiger partial charge in [0.05, 0.1) is 6.61 Å². The highest BCUT2D eigenvalue weighted by Gasteiger charge is 2.15. The lowest BCUT2D eigenvalue weighted by atomic mass is 9.95. The van der Waals surface area contributed by atoms with Gasteiger partial charge < -0.3 is 16.6 Å². The van der Waals surface area contributed by atoms with Crippen LogP contribution < -0.4 is 11.5 Å². The number of hydrogen-bond acceptors (Lipinski definition) is 5. The molecule has 5 nitrogen and oxygen atoms in total. The summed E-state index contributed by atoms with van der Waals surface area (Å²) < 4.78 is 0. The second kappa shape index (κ2) is 5.86. The summed E-state index contributed by atoms with van der Waals surface area (Å²) in [6.45, 7) is 3.39. The van der Waals surface area contributed by atoms with Crippen molar-refractivity contribution in [2.75, 3.05) is 6.61 Å². The van der Waals surface area contributed by atoms with E-state index in [4.69, 9.17) is 16.6 Å². The van der Waals surface area contributed by atoms with E-state index in [1.54, 1.807) is 12.1 Å². The molecule has 0 radical (unpaired) electrons. The molecule has 1 rings (SSSR count). The van der Waals surface area contributed by atoms with Gasteiger partial charge in [-0.2, -0.15) is 4.91 Å². The van der Waals surface area contributed by atoms with Gasteiger partial charge in [-0.1, -0.05) is 23.4 Å². The van der Waals surface area contributed by atoms with E-state index in [1.165, 1.54) is 0 Å². The lowest BCUT2D eigenvalue weighted by molar-refractivity contribution is 0.268. The minimum atomic E-state index is -0.758. The van der Waals surface area contributed by atoms with Crippen LogP contribution in [0.25, 0.3) is 0 Å². The lowest BCUT2D eigenvalue weighted by Crippen LogP contribution is -2.12. The zero-order valence-electron chi connectivity index (χ0n) is 10.1. The monoisotopic (exact) mass is 237 g/mol. The first-order valence-electron chi connectivity index (χ1n) is 5.58. The molecular weight excluding hydrogens is 218 g/mol. The summed E-state index contributed by atoms with van der Waals surface area (Å²) in [5, 5.41) is 12.0. The average molecular weight is 237 g/mol. The molecule has 0 saturated carbocycles. The van der Waals surface area contributed by atoms with Gasteiger partial charge in [0.25, 0.3) is 0 Å². The van der Waals surface area contributed by atoms with Crippen molar-refractivity contribution in [1.82, 2.24) is 0 Å². The van der Waals surface area contributed by atoms with E-state index in [0.29, 0.717) is 5.56 Å². The summed E-state index contributed by atoms with van der Waals surface area (Å²) >= 11 is 0. The summed E-state index contributed by atoms with van der Waals surface area (Å²) in [5.41, 5.74) is 14.1. The molecule has 0 saturated heterocycles. The molecule has 0 bridgehead atoms. The summed E-state index contributed by atoms with van der Waals surface area (Å²) in [5.74, 6) is 0. The third-order valence-electron chi connectivity index (χ3n) is 2.74. The molecule has 0 aliphatic heterocycles. The van der Waals surface area contributed by atoms with Gasteiger partial charge in [-0.3, -0.25) is 0 Å². The highest BCUT2D eigenvalue weighted by atomic mass is 16.3. The van der Waals surface area contributed by atoms with E-state index in [2.05, 4.69) is 5.18 Å². The molecule has 1 aromatic carbocycles. The molecule has 0 aromatic heterocycles. The molecule has 0 aliphatic rings. The first kappa shape index (κ1) is 13.8. The average Bonchev–Trinajstić information content (AvgIpc) is 2.30. The van der Waals surface area contributed by atoms with Crippen LogP contribution >= 0.6 is 0 Å². The van der Waals surface area contributed by atoms with Crippen LogP contribution in [0.3, 0.4) is 0 Å². The lowest BCUT2D eigenvalue weighted by Gasteiger charge is -2.15. The van der Waals surface area contributed by atoms with Crippen molar-refractivity contribution in [1.29, 1.82) is 0 Å². The number of aliphatic hydroxyl groups is 1. The topological polar surface area (TPSA) is 102 Å². The molecule has 94 valence electrons. The first-order chi connectivity index (χ1) is 7.99. The van der Waals surface area contributed by atoms with Crippen molar-refractivity contribution in [3.05, 3.63) is 39.8 Å². The zero-order chi connectivity index (χ0) is 13.0. The molecular formula is C12H19N3O2. The molecule has 0 heterocycles. The predicted octanol–water partition coefficient (Wildman–Crippen LogP) is 1.53. The molecule has 17 heavy (non-hydrogen) atoms. The van der Waals surface area contributed by atoms with Crippen LogP contribution in [0.4, 0.5) is 0 Å². The van der Waals surface area contributed by atoms with Crippen LogP contribution in [-0.4, -0.2) is 11.7 Å². The number of benzene rings is 1. The largest absolute Gasteiger partial charge is 0.394 e. The van der Waals surface area contributed by atoms with E-state index >= 15 is 0 Å². The van der Waals surface area contributed by atoms with Crippen LogP contribution in [0.2, 0.25) is 0 Å². The number of nitrogens with zero attached hydrogens (tertiary/aromatic N) is 1. The summed E-state index contributed by atoms with van der Waals surface area (Å²) in [7, 11) is 0. The number of aliphatic hydroxyl groups excluding tert-OH is 1. The van der Waals surface area contributed by atoms with Gasteiger partial charge in [-0.15, -0.1) is 0 Å². The second-order valence-corrected chi connectivity index (χ2v) is 4.31. The van der Waals surface area contributed by atoms with Crippen molar-refractivity contribution < 1.29 is 5.11 Å². The Hall–Kier alpha value is -1.30. The Kier molecular flexibility index (Phi) is 4.74. The molecule has 0 amide bonds. The third kappa shape index (κ3) is 3.33. The summed E-state index contributed by atoms with van der Waals surface area (Å²) in [6.07, 6.45) is 0. The van der Waals surface area contributed by atoms with Crippen LogP contribution in [0.15, 0.2) is 23.4 Å². The Morgan fingerprint density at radius 1 is 1.12 bits per heavy atom. The summed E-state index contributed by atoms with van der Waals surface area (Å²) in [4.78, 5) is 10.6. The summed E-state index contributed by atoms with van der Waals surface area (Å²) in [6, 6.07) is 4.43. The Balaban J connectivity index is 3.25. The van der Waals surface area contributed by atoms with Gasteiger partial charge in [0.15, 0.2) is 0 Å². The van der Waals surface area contributed by atoms with Crippen LogP contribution in [0, 0.1) is 4.91 Å². The van der Waals surface area contributed by atoms with Crippen molar-refractivity contribution in [3.8, 4) is 0 Å². The van der Waals surface area contributed by atoms with E-state index in [9.17, 15) is 4.91 Å². The van der Waals surface area contributed by atoms with E-state index < -0.39 is 6.04 Å². The third-order valence-corrected chi connectivity index (χ3v) is 2.74. The fourth-order valence-electron chi connectivity index (χ4n) is 1.62. The van der Waals surface area contributed by atoms with Crippen molar-refractivity contribution >= 4 is 0 Å². The normalized spacial score (nSPS) is 16.3. The molecule has 3 atom stereocenters. The number of nitroso groups, excluding NO2 is 1. The van der Waals surface area contributed by atoms with E-state index in [1.807, 2.05) is 19.9 Å². The van der Waals surface area contributed by atoms with Crippen molar-refractivity contribution in [2.45, 2.75) is 32.0 Å². The molecule has 5 N–H and O–H groups in total. The highest BCUT2D eigenvalue weighted by molar-refractivity contribution is 5.35. The molecule has 3 unspecified atom stereocenters. The molecule has 0 aliphatic carbocycles. The molecule has 1 aromatic rings. The minimum Gasteiger partial charge on any atom is -0.394 e. The first-order valence-corrected chi connectivity index (χ1v) is 5.58. The second-order valence-electron chi connectivity index (χ2n) is 4.31. The fraction of sp³-hybridized carbons (Fsp3) is 0.500. The predicted molar refractivity (Wildman–Crippen MR) is 67.3 cm³/mol. The van der Waals surface area contributed by atoms with Crippen LogP contribution in [0.5, 0.6) is 0 Å². The van der Waals surface area contributed by atoms with Gasteiger partial charge in [-0.05, 0) is 30.5 Å². The maximum absolute atomic E-state index is 10.6. The van der Waals surface area contributed by atoms with Gasteiger partial charge >= 0.3 is 0 Å². The van der Waals surface area contributed by atoms with Gasteiger partial charge in [0.1, 0.15) is 6.04 Å². The highest BCUT2D eigenvalue weighted by Crippen LogP contribution is 2.25. The Morgan fingerprint density at radius 2 is 1.53 bits per heavy atom. The van der Waals surface area contributed by atoms with Crippen molar-refractivity contribution in [2.24, 2.45) is 16.6 Å². The van der Waals surface area contributed by atoms with Crippen LogP contribution in [0.1, 0.15) is 48.7 Å². The Bertz CT molecular complexity index is 365. The van der Waals surface area contributed by atoms with Crippen molar-refractivity contribution in [3.63, 3.8) is 0 Å². The Morgan fingerprint density at radius 3 is 1.82 bits per heavy atom. The quantitative estimate of drug-likeness (QED) is 0.676. The molecule has 5 heteroatoms.